The maximum atomic E-state index is 13.4. The molecular weight excluding hydrogens is 538 g/mol. The third-order valence-corrected chi connectivity index (χ3v) is 8.97. The van der Waals surface area contributed by atoms with Gasteiger partial charge in [0, 0.05) is 43.4 Å². The first-order chi connectivity index (χ1) is 18.3. The van der Waals surface area contributed by atoms with Crippen LogP contribution in [0, 0.1) is 11.3 Å². The summed E-state index contributed by atoms with van der Waals surface area (Å²) in [4.78, 5) is 4.07. The van der Waals surface area contributed by atoms with Gasteiger partial charge in [0.25, 0.3) is 6.43 Å². The molecule has 1 saturated carbocycles. The van der Waals surface area contributed by atoms with Gasteiger partial charge in [-0.05, 0) is 37.1 Å². The number of nitrogens with one attached hydrogen (secondary N) is 1. The van der Waals surface area contributed by atoms with Crippen molar-refractivity contribution in [3.05, 3.63) is 41.7 Å². The molecule has 4 heterocycles. The number of alkyl halides is 2. The fourth-order valence-electron chi connectivity index (χ4n) is 4.37. The van der Waals surface area contributed by atoms with E-state index in [2.05, 4.69) is 35.1 Å². The lowest BCUT2D eigenvalue weighted by Gasteiger charge is -2.36. The number of anilines is 2. The molecule has 1 saturated heterocycles. The highest BCUT2D eigenvalue weighted by molar-refractivity contribution is 7.89. The molecule has 0 unspecified atom stereocenters. The number of sulfonamides is 1. The van der Waals surface area contributed by atoms with Crippen LogP contribution in [0.4, 0.5) is 20.3 Å². The lowest BCUT2D eigenvalue weighted by Crippen LogP contribution is -2.47. The highest BCUT2D eigenvalue weighted by atomic mass is 32.2. The zero-order valence-electron chi connectivity index (χ0n) is 19.7. The SMILES string of the molecule is N#CC1(NS(=O)(=O)c2cc(N3CCN(c4cccnn4)CC3)c3cnn(-c4nnc(C(F)F)s4)c3c2)CC1. The molecule has 6 rings (SSSR count). The van der Waals surface area contributed by atoms with Gasteiger partial charge in [-0.25, -0.2) is 21.9 Å². The number of nitrogens with zero attached hydrogens (tertiary/aromatic N) is 9. The van der Waals surface area contributed by atoms with Crippen LogP contribution in [0.25, 0.3) is 16.0 Å². The van der Waals surface area contributed by atoms with Crippen molar-refractivity contribution in [2.75, 3.05) is 36.0 Å². The Hall–Kier alpha value is -3.81. The molecule has 0 bridgehead atoms. The zero-order valence-corrected chi connectivity index (χ0v) is 21.3. The fourth-order valence-corrected chi connectivity index (χ4v) is 6.46. The molecule has 0 radical (unpaired) electrons. The molecule has 16 heteroatoms. The van der Waals surface area contributed by atoms with Gasteiger partial charge in [-0.15, -0.1) is 15.3 Å². The second-order valence-electron chi connectivity index (χ2n) is 9.01. The van der Waals surface area contributed by atoms with Crippen LogP contribution in [0.2, 0.25) is 0 Å². The van der Waals surface area contributed by atoms with Crippen molar-refractivity contribution in [3.8, 4) is 11.2 Å². The van der Waals surface area contributed by atoms with Gasteiger partial charge >= 0.3 is 0 Å². The van der Waals surface area contributed by atoms with Gasteiger partial charge in [-0.1, -0.05) is 11.3 Å². The largest absolute Gasteiger partial charge is 0.367 e. The van der Waals surface area contributed by atoms with E-state index < -0.39 is 27.0 Å². The summed E-state index contributed by atoms with van der Waals surface area (Å²) in [6, 6.07) is 8.71. The standard InChI is InChI=1S/C22H20F2N10O2S2/c23-19(24)20-29-30-21(37-20)34-17-11-14(38(35,36)31-22(13-25)3-4-22)10-16(15(17)12-27-34)32-6-8-33(9-7-32)18-2-1-5-26-28-18/h1-2,5,10-12,19,31H,3-4,6-9H2. The Labute approximate surface area is 219 Å². The third-order valence-electron chi connectivity index (χ3n) is 6.54. The van der Waals surface area contributed by atoms with E-state index >= 15 is 0 Å². The van der Waals surface area contributed by atoms with Crippen LogP contribution in [0.5, 0.6) is 0 Å². The average Bonchev–Trinajstić information content (AvgIpc) is 3.31. The van der Waals surface area contributed by atoms with Crippen molar-refractivity contribution >= 4 is 43.8 Å². The Balaban J connectivity index is 1.41. The smallest absolute Gasteiger partial charge is 0.291 e. The maximum Gasteiger partial charge on any atom is 0.291 e. The first-order valence-electron chi connectivity index (χ1n) is 11.7. The molecule has 1 N–H and O–H groups in total. The Bertz CT molecular complexity index is 1640. The van der Waals surface area contributed by atoms with Gasteiger partial charge < -0.3 is 9.80 Å². The minimum Gasteiger partial charge on any atom is -0.367 e. The first-order valence-corrected chi connectivity index (χ1v) is 14.0. The van der Waals surface area contributed by atoms with Crippen molar-refractivity contribution in [1.82, 2.24) is 34.9 Å². The maximum absolute atomic E-state index is 13.4. The lowest BCUT2D eigenvalue weighted by molar-refractivity contribution is 0.150. The molecule has 0 spiro atoms. The fraction of sp³-hybridized carbons (Fsp3) is 0.364. The van der Waals surface area contributed by atoms with E-state index in [0.717, 1.165) is 5.82 Å². The number of rotatable bonds is 7. The highest BCUT2D eigenvalue weighted by Crippen LogP contribution is 2.38. The van der Waals surface area contributed by atoms with Crippen LogP contribution in [0.1, 0.15) is 24.3 Å². The van der Waals surface area contributed by atoms with Gasteiger partial charge in [-0.3, -0.25) is 0 Å². The van der Waals surface area contributed by atoms with Crippen molar-refractivity contribution in [2.45, 2.75) is 29.7 Å². The minimum atomic E-state index is -4.08. The normalized spacial score (nSPS) is 17.2. The topological polar surface area (TPSA) is 146 Å². The van der Waals surface area contributed by atoms with E-state index in [-0.39, 0.29) is 10.0 Å². The Morgan fingerprint density at radius 1 is 1.11 bits per heavy atom. The van der Waals surface area contributed by atoms with E-state index in [1.807, 2.05) is 23.1 Å². The number of hydrogen-bond donors (Lipinski definition) is 1. The van der Waals surface area contributed by atoms with E-state index in [4.69, 9.17) is 0 Å². The second-order valence-corrected chi connectivity index (χ2v) is 11.7. The number of hydrogen-bond acceptors (Lipinski definition) is 11. The number of halogens is 2. The molecule has 2 fully saturated rings. The van der Waals surface area contributed by atoms with Crippen molar-refractivity contribution in [2.24, 2.45) is 0 Å². The van der Waals surface area contributed by atoms with Crippen LogP contribution in [-0.4, -0.2) is 70.3 Å². The predicted molar refractivity (Wildman–Crippen MR) is 134 cm³/mol. The number of piperazine rings is 1. The molecule has 196 valence electrons. The molecule has 1 aromatic carbocycles. The van der Waals surface area contributed by atoms with Gasteiger partial charge in [0.2, 0.25) is 15.2 Å². The Morgan fingerprint density at radius 3 is 2.50 bits per heavy atom. The summed E-state index contributed by atoms with van der Waals surface area (Å²) in [7, 11) is -4.08. The van der Waals surface area contributed by atoms with Crippen molar-refractivity contribution in [1.29, 1.82) is 5.26 Å². The highest BCUT2D eigenvalue weighted by Gasteiger charge is 2.47. The van der Waals surface area contributed by atoms with Crippen molar-refractivity contribution < 1.29 is 17.2 Å². The van der Waals surface area contributed by atoms with E-state index in [1.54, 1.807) is 18.5 Å². The number of benzene rings is 1. The van der Waals surface area contributed by atoms with Gasteiger partial charge in [0.1, 0.15) is 5.54 Å². The Morgan fingerprint density at radius 2 is 1.87 bits per heavy atom. The summed E-state index contributed by atoms with van der Waals surface area (Å²) >= 11 is 0.677. The molecule has 3 aromatic heterocycles. The van der Waals surface area contributed by atoms with Crippen LogP contribution < -0.4 is 14.5 Å². The summed E-state index contributed by atoms with van der Waals surface area (Å²) < 4.78 is 56.9. The van der Waals surface area contributed by atoms with Crippen LogP contribution in [0.15, 0.2) is 41.6 Å². The Kier molecular flexibility index (Phi) is 5.93. The number of fused-ring (bicyclic) bond motifs is 1. The third kappa shape index (κ3) is 4.42. The molecule has 1 aliphatic heterocycles. The second kappa shape index (κ2) is 9.19. The molecule has 2 aliphatic rings. The summed E-state index contributed by atoms with van der Waals surface area (Å²) in [5.74, 6) is 0.753. The monoisotopic (exact) mass is 558 g/mol. The average molecular weight is 559 g/mol. The van der Waals surface area contributed by atoms with E-state index in [9.17, 15) is 22.5 Å². The minimum absolute atomic E-state index is 0.0572. The molecule has 0 amide bonds. The number of aromatic nitrogens is 6. The van der Waals surface area contributed by atoms with E-state index in [0.29, 0.717) is 66.9 Å². The summed E-state index contributed by atoms with van der Waals surface area (Å²) in [6.45, 7) is 2.36. The molecule has 38 heavy (non-hydrogen) atoms. The first kappa shape index (κ1) is 24.5. The predicted octanol–water partition coefficient (Wildman–Crippen LogP) is 2.27. The lowest BCUT2D eigenvalue weighted by atomic mass is 10.1. The quantitative estimate of drug-likeness (QED) is 0.358. The van der Waals surface area contributed by atoms with Crippen LogP contribution in [0.3, 0.4) is 0 Å². The summed E-state index contributed by atoms with van der Waals surface area (Å²) in [5, 5.41) is 29.5. The summed E-state index contributed by atoms with van der Waals surface area (Å²) in [5.41, 5.74) is -0.117. The molecule has 0 atom stereocenters. The van der Waals surface area contributed by atoms with Crippen LogP contribution >= 0.6 is 11.3 Å². The molecule has 12 nitrogen and oxygen atoms in total. The van der Waals surface area contributed by atoms with Gasteiger partial charge in [0.15, 0.2) is 10.8 Å². The molecular formula is C22H20F2N10O2S2. The molecule has 1 aliphatic carbocycles. The van der Waals surface area contributed by atoms with Crippen LogP contribution in [-0.2, 0) is 10.0 Å². The number of nitriles is 1. The van der Waals surface area contributed by atoms with E-state index in [1.165, 1.54) is 10.7 Å². The van der Waals surface area contributed by atoms with Gasteiger partial charge in [0.05, 0.1) is 22.7 Å². The zero-order chi connectivity index (χ0) is 26.5. The van der Waals surface area contributed by atoms with Gasteiger partial charge in [-0.2, -0.15) is 20.2 Å². The molecule has 4 aromatic rings. The summed E-state index contributed by atoms with van der Waals surface area (Å²) in [6.07, 6.45) is 1.24. The van der Waals surface area contributed by atoms with Crippen molar-refractivity contribution in [3.63, 3.8) is 0 Å².